The number of aromatic nitrogens is 1. The minimum absolute atomic E-state index is 0.0141. The van der Waals surface area contributed by atoms with Gasteiger partial charge in [0.25, 0.3) is 5.91 Å². The van der Waals surface area contributed by atoms with Crippen LogP contribution in [0.1, 0.15) is 50.4 Å². The molecule has 1 fully saturated rings. The quantitative estimate of drug-likeness (QED) is 0.743. The highest BCUT2D eigenvalue weighted by atomic mass is 16.2. The molecular formula is C18H25N5O3. The van der Waals surface area contributed by atoms with Crippen molar-refractivity contribution in [1.82, 2.24) is 20.5 Å². The van der Waals surface area contributed by atoms with Gasteiger partial charge in [-0.15, -0.1) is 0 Å². The summed E-state index contributed by atoms with van der Waals surface area (Å²) in [7, 11) is 0. The first-order valence-electron chi connectivity index (χ1n) is 8.97. The summed E-state index contributed by atoms with van der Waals surface area (Å²) in [5.41, 5.74) is -0.230. The smallest absolute Gasteiger partial charge is 0.256 e. The number of hydrogen-bond acceptors (Lipinski definition) is 5. The lowest BCUT2D eigenvalue weighted by Gasteiger charge is -2.39. The molecule has 1 spiro atoms. The number of nitrogens with one attached hydrogen (secondary N) is 3. The SMILES string of the molecule is CC(C)NC(=O)[C@@H](C)N1CC[C@]2(CCC1=O)NC(=O)c1cccnc1N2. The molecule has 2 aliphatic rings. The van der Waals surface area contributed by atoms with Crippen LogP contribution in [0.4, 0.5) is 5.82 Å². The van der Waals surface area contributed by atoms with Crippen LogP contribution in [-0.2, 0) is 9.59 Å². The average Bonchev–Trinajstić information content (AvgIpc) is 2.73. The third-order valence-electron chi connectivity index (χ3n) is 4.91. The molecule has 0 radical (unpaired) electrons. The fourth-order valence-corrected chi connectivity index (χ4v) is 3.46. The maximum Gasteiger partial charge on any atom is 0.256 e. The molecule has 0 aliphatic carbocycles. The second kappa shape index (κ2) is 6.93. The van der Waals surface area contributed by atoms with E-state index in [0.717, 1.165) is 0 Å². The number of anilines is 1. The lowest BCUT2D eigenvalue weighted by Crippen LogP contribution is -2.58. The lowest BCUT2D eigenvalue weighted by atomic mass is 9.97. The summed E-state index contributed by atoms with van der Waals surface area (Å²) in [6.45, 7) is 5.88. The normalized spacial score (nSPS) is 23.8. The van der Waals surface area contributed by atoms with Crippen molar-refractivity contribution in [3.63, 3.8) is 0 Å². The Bertz CT molecular complexity index is 735. The van der Waals surface area contributed by atoms with Crippen LogP contribution in [-0.4, -0.2) is 51.9 Å². The number of carbonyl (C=O) groups excluding carboxylic acids is 3. The molecule has 140 valence electrons. The molecular weight excluding hydrogens is 334 g/mol. The van der Waals surface area contributed by atoms with Crippen molar-refractivity contribution in [1.29, 1.82) is 0 Å². The first-order valence-corrected chi connectivity index (χ1v) is 8.97. The van der Waals surface area contributed by atoms with E-state index in [-0.39, 0.29) is 30.2 Å². The number of hydrogen-bond donors (Lipinski definition) is 3. The van der Waals surface area contributed by atoms with E-state index in [2.05, 4.69) is 20.9 Å². The van der Waals surface area contributed by atoms with Gasteiger partial charge in [0, 0.05) is 31.6 Å². The molecule has 3 N–H and O–H groups in total. The Kier molecular flexibility index (Phi) is 4.84. The molecule has 0 aromatic carbocycles. The van der Waals surface area contributed by atoms with Gasteiger partial charge in [-0.25, -0.2) is 4.98 Å². The highest BCUT2D eigenvalue weighted by Gasteiger charge is 2.42. The highest BCUT2D eigenvalue weighted by molar-refractivity contribution is 6.01. The first-order chi connectivity index (χ1) is 12.3. The second-order valence-corrected chi connectivity index (χ2v) is 7.24. The molecule has 2 aliphatic heterocycles. The fourth-order valence-electron chi connectivity index (χ4n) is 3.46. The van der Waals surface area contributed by atoms with Crippen LogP contribution in [0.25, 0.3) is 0 Å². The monoisotopic (exact) mass is 359 g/mol. The highest BCUT2D eigenvalue weighted by Crippen LogP contribution is 2.30. The predicted molar refractivity (Wildman–Crippen MR) is 96.4 cm³/mol. The minimum atomic E-state index is -0.725. The van der Waals surface area contributed by atoms with Crippen molar-refractivity contribution >= 4 is 23.5 Å². The van der Waals surface area contributed by atoms with Crippen molar-refractivity contribution in [2.45, 2.75) is 57.8 Å². The van der Waals surface area contributed by atoms with Gasteiger partial charge in [-0.05, 0) is 39.3 Å². The van der Waals surface area contributed by atoms with Crippen LogP contribution >= 0.6 is 0 Å². The fraction of sp³-hybridized carbons (Fsp3) is 0.556. The number of carbonyl (C=O) groups is 3. The van der Waals surface area contributed by atoms with E-state index in [9.17, 15) is 14.4 Å². The Morgan fingerprint density at radius 3 is 2.77 bits per heavy atom. The van der Waals surface area contributed by atoms with Crippen LogP contribution in [0.3, 0.4) is 0 Å². The minimum Gasteiger partial charge on any atom is -0.352 e. The predicted octanol–water partition coefficient (Wildman–Crippen LogP) is 0.859. The van der Waals surface area contributed by atoms with Gasteiger partial charge in [0.2, 0.25) is 11.8 Å². The number of rotatable bonds is 3. The largest absolute Gasteiger partial charge is 0.352 e. The number of amides is 3. The lowest BCUT2D eigenvalue weighted by molar-refractivity contribution is -0.139. The topological polar surface area (TPSA) is 103 Å². The summed E-state index contributed by atoms with van der Waals surface area (Å²) in [5, 5.41) is 9.15. The number of pyridine rings is 1. The molecule has 1 aromatic rings. The summed E-state index contributed by atoms with van der Waals surface area (Å²) in [4.78, 5) is 43.2. The third-order valence-corrected chi connectivity index (χ3v) is 4.91. The van der Waals surface area contributed by atoms with E-state index in [1.165, 1.54) is 0 Å². The Morgan fingerprint density at radius 2 is 2.04 bits per heavy atom. The zero-order valence-corrected chi connectivity index (χ0v) is 15.3. The zero-order valence-electron chi connectivity index (χ0n) is 15.3. The molecule has 0 bridgehead atoms. The third kappa shape index (κ3) is 3.49. The van der Waals surface area contributed by atoms with Crippen molar-refractivity contribution in [3.05, 3.63) is 23.9 Å². The summed E-state index contributed by atoms with van der Waals surface area (Å²) in [5.74, 6) is 0.0780. The van der Waals surface area contributed by atoms with Crippen LogP contribution < -0.4 is 16.0 Å². The van der Waals surface area contributed by atoms with Gasteiger partial charge >= 0.3 is 0 Å². The summed E-state index contributed by atoms with van der Waals surface area (Å²) in [6, 6.07) is 2.89. The Balaban J connectivity index is 1.76. The van der Waals surface area contributed by atoms with Crippen molar-refractivity contribution in [2.24, 2.45) is 0 Å². The van der Waals surface area contributed by atoms with Crippen molar-refractivity contribution in [3.8, 4) is 0 Å². The second-order valence-electron chi connectivity index (χ2n) is 7.24. The summed E-state index contributed by atoms with van der Waals surface area (Å²) in [6.07, 6.45) is 2.82. The summed E-state index contributed by atoms with van der Waals surface area (Å²) >= 11 is 0. The molecule has 8 heteroatoms. The van der Waals surface area contributed by atoms with Gasteiger partial charge in [0.05, 0.1) is 5.56 Å². The van der Waals surface area contributed by atoms with Crippen LogP contribution in [0.5, 0.6) is 0 Å². The Morgan fingerprint density at radius 1 is 1.27 bits per heavy atom. The molecule has 3 heterocycles. The van der Waals surface area contributed by atoms with Gasteiger partial charge in [-0.1, -0.05) is 0 Å². The number of likely N-dealkylation sites (tertiary alicyclic amines) is 1. The van der Waals surface area contributed by atoms with Gasteiger partial charge in [0.1, 0.15) is 17.5 Å². The molecule has 0 saturated carbocycles. The first kappa shape index (κ1) is 18.2. The summed E-state index contributed by atoms with van der Waals surface area (Å²) < 4.78 is 0. The molecule has 0 unspecified atom stereocenters. The van der Waals surface area contributed by atoms with Gasteiger partial charge in [-0.3, -0.25) is 14.4 Å². The molecule has 1 saturated heterocycles. The van der Waals surface area contributed by atoms with Gasteiger partial charge in [0.15, 0.2) is 0 Å². The van der Waals surface area contributed by atoms with E-state index in [1.54, 1.807) is 30.2 Å². The van der Waals surface area contributed by atoms with Gasteiger partial charge in [-0.2, -0.15) is 0 Å². The number of fused-ring (bicyclic) bond motifs is 1. The molecule has 8 nitrogen and oxygen atoms in total. The Hall–Kier alpha value is -2.64. The van der Waals surface area contributed by atoms with Crippen LogP contribution in [0.15, 0.2) is 18.3 Å². The van der Waals surface area contributed by atoms with E-state index < -0.39 is 11.7 Å². The van der Waals surface area contributed by atoms with Crippen molar-refractivity contribution < 1.29 is 14.4 Å². The van der Waals surface area contributed by atoms with E-state index >= 15 is 0 Å². The molecule has 2 atom stereocenters. The van der Waals surface area contributed by atoms with Crippen molar-refractivity contribution in [2.75, 3.05) is 11.9 Å². The molecule has 26 heavy (non-hydrogen) atoms. The molecule has 3 amide bonds. The van der Waals surface area contributed by atoms with E-state index in [4.69, 9.17) is 0 Å². The number of nitrogens with zero attached hydrogens (tertiary/aromatic N) is 2. The van der Waals surface area contributed by atoms with Crippen LogP contribution in [0.2, 0.25) is 0 Å². The molecule has 3 rings (SSSR count). The zero-order chi connectivity index (χ0) is 18.9. The van der Waals surface area contributed by atoms with Crippen LogP contribution in [0, 0.1) is 0 Å². The molecule has 1 aromatic heterocycles. The van der Waals surface area contributed by atoms with Gasteiger partial charge < -0.3 is 20.9 Å². The standard InChI is InChI=1S/C18H25N5O3/c1-11(2)20-16(25)12(3)23-10-8-18(7-6-14(23)24)21-15-13(17(26)22-18)5-4-9-19-15/h4-5,9,11-12H,6-8,10H2,1-3H3,(H,19,21)(H,20,25)(H,22,26)/t12-,18+/m1/s1. The Labute approximate surface area is 152 Å². The van der Waals surface area contributed by atoms with E-state index in [1.807, 2.05) is 13.8 Å². The van der Waals surface area contributed by atoms with E-state index in [0.29, 0.717) is 30.8 Å². The maximum atomic E-state index is 12.6. The maximum absolute atomic E-state index is 12.6. The average molecular weight is 359 g/mol.